The van der Waals surface area contributed by atoms with E-state index >= 15 is 0 Å². The number of aliphatic hydroxyl groups excluding tert-OH is 1. The fourth-order valence-corrected chi connectivity index (χ4v) is 3.37. The summed E-state index contributed by atoms with van der Waals surface area (Å²) in [6.07, 6.45) is 0.158. The van der Waals surface area contributed by atoms with Gasteiger partial charge in [-0.15, -0.1) is 0 Å². The maximum absolute atomic E-state index is 10.2. The maximum Gasteiger partial charge on any atom is 0.165 e. The minimum atomic E-state index is -1.10. The van der Waals surface area contributed by atoms with E-state index in [1.165, 1.54) is 0 Å². The van der Waals surface area contributed by atoms with Crippen LogP contribution in [0.3, 0.4) is 0 Å². The van der Waals surface area contributed by atoms with Crippen LogP contribution in [0.15, 0.2) is 0 Å². The Kier molecular flexibility index (Phi) is 1.89. The van der Waals surface area contributed by atoms with Crippen LogP contribution in [0.2, 0.25) is 0 Å². The number of rotatable bonds is 0. The highest BCUT2D eigenvalue weighted by Gasteiger charge is 2.63. The molecule has 1 aliphatic carbocycles. The molecule has 14 heavy (non-hydrogen) atoms. The van der Waals surface area contributed by atoms with Gasteiger partial charge in [0.15, 0.2) is 6.29 Å². The Hall–Kier alpha value is 0.130. The summed E-state index contributed by atoms with van der Waals surface area (Å²) in [5.41, 5.74) is -1.46. The van der Waals surface area contributed by atoms with Crippen molar-refractivity contribution in [2.75, 3.05) is 6.61 Å². The molecule has 0 bridgehead atoms. The average Bonchev–Trinajstić information content (AvgIpc) is 2.55. The smallest absolute Gasteiger partial charge is 0.165 e. The molecule has 2 aliphatic heterocycles. The van der Waals surface area contributed by atoms with Gasteiger partial charge in [0, 0.05) is 5.92 Å². The van der Waals surface area contributed by atoms with Gasteiger partial charge in [-0.25, -0.2) is 0 Å². The molecular weight excluding hydrogens is 208 g/mol. The Balaban J connectivity index is 1.94. The third-order valence-electron chi connectivity index (χ3n) is 3.73. The summed E-state index contributed by atoms with van der Waals surface area (Å²) in [5, 5.41) is 20.0. The van der Waals surface area contributed by atoms with Gasteiger partial charge in [0.05, 0.1) is 12.7 Å². The Morgan fingerprint density at radius 1 is 1.36 bits per heavy atom. The number of halogens is 1. The number of hydrogen-bond donors (Lipinski definition) is 2. The van der Waals surface area contributed by atoms with Crippen LogP contribution in [0.1, 0.15) is 12.8 Å². The lowest BCUT2D eigenvalue weighted by Crippen LogP contribution is -2.46. The van der Waals surface area contributed by atoms with E-state index in [1.807, 2.05) is 0 Å². The van der Waals surface area contributed by atoms with Crippen LogP contribution in [0.5, 0.6) is 0 Å². The van der Waals surface area contributed by atoms with Gasteiger partial charge in [0.25, 0.3) is 0 Å². The average molecular weight is 221 g/mol. The number of aliphatic hydroxyl groups is 2. The van der Waals surface area contributed by atoms with Gasteiger partial charge in [-0.1, -0.05) is 11.6 Å². The molecule has 1 saturated carbocycles. The van der Waals surface area contributed by atoms with Gasteiger partial charge in [-0.2, -0.15) is 0 Å². The molecule has 0 aromatic carbocycles. The lowest BCUT2D eigenvalue weighted by molar-refractivity contribution is -0.179. The summed E-state index contributed by atoms with van der Waals surface area (Å²) in [5.74, 6) is 0.117. The van der Waals surface area contributed by atoms with Crippen LogP contribution in [-0.2, 0) is 9.47 Å². The SMILES string of the molecule is O[C@@H]1C[C@@H]2C[C@@H](Cl)O[C@@H]3OC[C@@]1(O)C23. The van der Waals surface area contributed by atoms with Crippen molar-refractivity contribution in [3.05, 3.63) is 0 Å². The van der Waals surface area contributed by atoms with Crippen LogP contribution < -0.4 is 0 Å². The van der Waals surface area contributed by atoms with Crippen molar-refractivity contribution in [2.24, 2.45) is 11.8 Å². The molecule has 3 aliphatic rings. The van der Waals surface area contributed by atoms with Crippen molar-refractivity contribution < 1.29 is 19.7 Å². The second-order valence-electron chi connectivity index (χ2n) is 4.49. The first-order chi connectivity index (χ1) is 6.61. The van der Waals surface area contributed by atoms with Crippen LogP contribution >= 0.6 is 11.6 Å². The van der Waals surface area contributed by atoms with Gasteiger partial charge < -0.3 is 19.7 Å². The summed E-state index contributed by atoms with van der Waals surface area (Å²) < 4.78 is 10.7. The molecule has 4 nitrogen and oxygen atoms in total. The summed E-state index contributed by atoms with van der Waals surface area (Å²) in [4.78, 5) is 0. The molecule has 2 saturated heterocycles. The molecule has 5 heteroatoms. The zero-order valence-corrected chi connectivity index (χ0v) is 8.35. The summed E-state index contributed by atoms with van der Waals surface area (Å²) in [6, 6.07) is 0. The van der Waals surface area contributed by atoms with Gasteiger partial charge in [0.2, 0.25) is 0 Å². The molecule has 3 fully saturated rings. The molecule has 2 N–H and O–H groups in total. The number of alkyl halides is 1. The van der Waals surface area contributed by atoms with Gasteiger partial charge in [-0.3, -0.25) is 0 Å². The fraction of sp³-hybridized carbons (Fsp3) is 1.00. The van der Waals surface area contributed by atoms with E-state index in [0.29, 0.717) is 12.8 Å². The Morgan fingerprint density at radius 2 is 2.14 bits per heavy atom. The molecule has 2 heterocycles. The molecule has 0 aromatic rings. The third kappa shape index (κ3) is 1.03. The largest absolute Gasteiger partial charge is 0.390 e. The van der Waals surface area contributed by atoms with Crippen LogP contribution in [0.4, 0.5) is 0 Å². The van der Waals surface area contributed by atoms with Crippen molar-refractivity contribution in [1.29, 1.82) is 0 Å². The highest BCUT2D eigenvalue weighted by atomic mass is 35.5. The van der Waals surface area contributed by atoms with Gasteiger partial charge >= 0.3 is 0 Å². The molecule has 80 valence electrons. The van der Waals surface area contributed by atoms with Crippen LogP contribution in [0, 0.1) is 11.8 Å². The number of hydrogen-bond acceptors (Lipinski definition) is 4. The highest BCUT2D eigenvalue weighted by Crippen LogP contribution is 2.52. The van der Waals surface area contributed by atoms with Gasteiger partial charge in [-0.05, 0) is 18.8 Å². The predicted molar refractivity (Wildman–Crippen MR) is 47.6 cm³/mol. The standard InChI is InChI=1S/C9H13ClO4/c10-6-2-4-1-5(11)9(12)3-13-8(14-6)7(4)9/h4-8,11-12H,1-3H2/t4-,5-,6+,7?,8+,9+/m1/s1. The van der Waals surface area contributed by atoms with E-state index < -0.39 is 18.0 Å². The topological polar surface area (TPSA) is 58.9 Å². The first-order valence-electron chi connectivity index (χ1n) is 4.93. The highest BCUT2D eigenvalue weighted by molar-refractivity contribution is 6.19. The minimum Gasteiger partial charge on any atom is -0.390 e. The predicted octanol–water partition coefficient (Wildman–Crippen LogP) is 0.0560. The molecule has 0 radical (unpaired) electrons. The monoisotopic (exact) mass is 220 g/mol. The van der Waals surface area contributed by atoms with Crippen molar-refractivity contribution in [1.82, 2.24) is 0 Å². The first kappa shape index (κ1) is 9.36. The molecule has 6 atom stereocenters. The normalized spacial score (nSPS) is 61.5. The van der Waals surface area contributed by atoms with E-state index in [0.717, 1.165) is 0 Å². The van der Waals surface area contributed by atoms with Crippen LogP contribution in [-0.4, -0.2) is 40.4 Å². The molecule has 3 rings (SSSR count). The Bertz CT molecular complexity index is 261. The summed E-state index contributed by atoms with van der Waals surface area (Å²) >= 11 is 5.90. The Labute approximate surface area is 86.8 Å². The first-order valence-corrected chi connectivity index (χ1v) is 5.36. The molecule has 0 spiro atoms. The molecule has 0 aromatic heterocycles. The zero-order valence-electron chi connectivity index (χ0n) is 7.60. The Morgan fingerprint density at radius 3 is 2.93 bits per heavy atom. The second kappa shape index (κ2) is 2.83. The summed E-state index contributed by atoms with van der Waals surface area (Å²) in [7, 11) is 0. The van der Waals surface area contributed by atoms with E-state index in [1.54, 1.807) is 0 Å². The molecule has 1 unspecified atom stereocenters. The van der Waals surface area contributed by atoms with E-state index in [-0.39, 0.29) is 24.0 Å². The quantitative estimate of drug-likeness (QED) is 0.567. The van der Waals surface area contributed by atoms with Crippen molar-refractivity contribution in [3.8, 4) is 0 Å². The minimum absolute atomic E-state index is 0.104. The van der Waals surface area contributed by atoms with E-state index in [9.17, 15) is 10.2 Å². The van der Waals surface area contributed by atoms with Crippen molar-refractivity contribution in [2.45, 2.75) is 36.4 Å². The summed E-state index contributed by atoms with van der Waals surface area (Å²) in [6.45, 7) is 0.156. The fourth-order valence-electron chi connectivity index (χ4n) is 3.04. The van der Waals surface area contributed by atoms with E-state index in [4.69, 9.17) is 21.1 Å². The van der Waals surface area contributed by atoms with E-state index in [2.05, 4.69) is 0 Å². The lowest BCUT2D eigenvalue weighted by atomic mass is 9.84. The zero-order chi connectivity index (χ0) is 9.92. The number of ether oxygens (including phenoxy) is 2. The molecule has 0 amide bonds. The van der Waals surface area contributed by atoms with Crippen molar-refractivity contribution >= 4 is 11.6 Å². The maximum atomic E-state index is 10.2. The molecular formula is C9H13ClO4. The lowest BCUT2D eigenvalue weighted by Gasteiger charge is -2.34. The van der Waals surface area contributed by atoms with Gasteiger partial charge in [0.1, 0.15) is 11.2 Å². The van der Waals surface area contributed by atoms with Crippen molar-refractivity contribution in [3.63, 3.8) is 0 Å². The van der Waals surface area contributed by atoms with Crippen LogP contribution in [0.25, 0.3) is 0 Å². The third-order valence-corrected chi connectivity index (χ3v) is 4.01. The second-order valence-corrected chi connectivity index (χ2v) is 4.98.